The predicted molar refractivity (Wildman–Crippen MR) is 79.7 cm³/mol. The third-order valence-corrected chi connectivity index (χ3v) is 7.26. The molecule has 1 saturated heterocycles. The molecule has 0 amide bonds. The molecule has 0 aromatic rings. The number of carbonyl (C=O) groups is 1. The van der Waals surface area contributed by atoms with Gasteiger partial charge in [0.1, 0.15) is 0 Å². The lowest BCUT2D eigenvalue weighted by atomic mass is 9.53. The zero-order chi connectivity index (χ0) is 14.8. The fourth-order valence-corrected chi connectivity index (χ4v) is 5.82. The minimum Gasteiger partial charge on any atom is -0.392 e. The van der Waals surface area contributed by atoms with Gasteiger partial charge in [-0.25, -0.2) is 0 Å². The molecular weight excluding hydrogens is 264 g/mol. The lowest BCUT2D eigenvalue weighted by Gasteiger charge is -2.57. The average molecular weight is 290 g/mol. The quantitative estimate of drug-likeness (QED) is 0.746. The van der Waals surface area contributed by atoms with E-state index in [1.54, 1.807) is 6.08 Å². The second kappa shape index (κ2) is 4.42. The lowest BCUT2D eigenvalue weighted by Crippen LogP contribution is -2.59. The summed E-state index contributed by atoms with van der Waals surface area (Å²) in [7, 11) is 0. The Balaban J connectivity index is 1.68. The molecule has 1 aliphatic heterocycles. The molecule has 3 nitrogen and oxygen atoms in total. The van der Waals surface area contributed by atoms with Gasteiger partial charge in [-0.15, -0.1) is 0 Å². The molecule has 2 saturated carbocycles. The van der Waals surface area contributed by atoms with Gasteiger partial charge in [-0.1, -0.05) is 19.9 Å². The summed E-state index contributed by atoms with van der Waals surface area (Å²) in [6.45, 7) is 5.16. The van der Waals surface area contributed by atoms with E-state index in [1.807, 2.05) is 0 Å². The van der Waals surface area contributed by atoms with E-state index in [-0.39, 0.29) is 28.8 Å². The maximum Gasteiger partial charge on any atom is 0.155 e. The third-order valence-electron chi connectivity index (χ3n) is 7.26. The molecule has 0 aromatic heterocycles. The minimum atomic E-state index is -0.211. The number of ketones is 1. The number of rotatable bonds is 0. The maximum absolute atomic E-state index is 11.7. The van der Waals surface area contributed by atoms with E-state index in [9.17, 15) is 9.90 Å². The van der Waals surface area contributed by atoms with Crippen molar-refractivity contribution in [3.05, 3.63) is 12.2 Å². The van der Waals surface area contributed by atoms with Crippen molar-refractivity contribution >= 4 is 5.78 Å². The summed E-state index contributed by atoms with van der Waals surface area (Å²) in [5, 5.41) is 10.4. The normalized spacial score (nSPS) is 55.8. The van der Waals surface area contributed by atoms with Crippen LogP contribution in [0.4, 0.5) is 0 Å². The second-order valence-corrected chi connectivity index (χ2v) is 8.24. The van der Waals surface area contributed by atoms with Gasteiger partial charge >= 0.3 is 0 Å². The molecule has 1 heterocycles. The molecule has 3 aliphatic carbocycles. The van der Waals surface area contributed by atoms with Crippen molar-refractivity contribution in [2.75, 3.05) is 6.61 Å². The lowest BCUT2D eigenvalue weighted by molar-refractivity contribution is -0.204. The molecule has 0 radical (unpaired) electrons. The van der Waals surface area contributed by atoms with E-state index in [4.69, 9.17) is 4.74 Å². The molecule has 1 N–H and O–H groups in total. The van der Waals surface area contributed by atoms with Gasteiger partial charge in [-0.2, -0.15) is 0 Å². The SMILES string of the molecule is C[C@]12C=CC(=O)CC1CC[C@@H]1[C@H]2OC[C@]2(C)C(O)CC[C@@H]12. The fourth-order valence-electron chi connectivity index (χ4n) is 5.82. The summed E-state index contributed by atoms with van der Waals surface area (Å²) in [6, 6.07) is 0. The number of ether oxygens (including phenoxy) is 1. The fraction of sp³-hybridized carbons (Fsp3) is 0.833. The van der Waals surface area contributed by atoms with Crippen LogP contribution in [-0.4, -0.2) is 29.7 Å². The van der Waals surface area contributed by atoms with Gasteiger partial charge in [0.25, 0.3) is 0 Å². The van der Waals surface area contributed by atoms with Gasteiger partial charge in [0.15, 0.2) is 5.78 Å². The molecule has 3 fully saturated rings. The summed E-state index contributed by atoms with van der Waals surface area (Å²) in [5.41, 5.74) is -0.0513. The van der Waals surface area contributed by atoms with Gasteiger partial charge < -0.3 is 9.84 Å². The van der Waals surface area contributed by atoms with E-state index in [0.717, 1.165) is 25.7 Å². The van der Waals surface area contributed by atoms with Crippen LogP contribution in [0.2, 0.25) is 0 Å². The summed E-state index contributed by atoms with van der Waals surface area (Å²) >= 11 is 0. The number of aliphatic hydroxyl groups is 1. The minimum absolute atomic E-state index is 0.00565. The van der Waals surface area contributed by atoms with Crippen LogP contribution in [0.3, 0.4) is 0 Å². The first-order chi connectivity index (χ1) is 9.95. The molecule has 0 bridgehead atoms. The van der Waals surface area contributed by atoms with Gasteiger partial charge in [-0.05, 0) is 49.5 Å². The van der Waals surface area contributed by atoms with Gasteiger partial charge in [0.2, 0.25) is 0 Å². The Hall–Kier alpha value is -0.670. The number of hydrogen-bond acceptors (Lipinski definition) is 3. The maximum atomic E-state index is 11.7. The Bertz CT molecular complexity index is 499. The van der Waals surface area contributed by atoms with Crippen molar-refractivity contribution in [1.29, 1.82) is 0 Å². The number of hydrogen-bond donors (Lipinski definition) is 1. The van der Waals surface area contributed by atoms with Crippen LogP contribution < -0.4 is 0 Å². The molecule has 21 heavy (non-hydrogen) atoms. The summed E-state index contributed by atoms with van der Waals surface area (Å²) < 4.78 is 6.35. The molecular formula is C18H26O3. The van der Waals surface area contributed by atoms with E-state index in [1.165, 1.54) is 0 Å². The highest BCUT2D eigenvalue weighted by molar-refractivity contribution is 5.91. The van der Waals surface area contributed by atoms with E-state index < -0.39 is 0 Å². The zero-order valence-electron chi connectivity index (χ0n) is 13.0. The van der Waals surface area contributed by atoms with Crippen molar-refractivity contribution in [1.82, 2.24) is 0 Å². The van der Waals surface area contributed by atoms with Crippen LogP contribution in [-0.2, 0) is 9.53 Å². The molecule has 0 spiro atoms. The Kier molecular flexibility index (Phi) is 2.94. The van der Waals surface area contributed by atoms with Crippen molar-refractivity contribution in [3.8, 4) is 0 Å². The Morgan fingerprint density at radius 3 is 2.86 bits per heavy atom. The average Bonchev–Trinajstić information content (AvgIpc) is 2.76. The van der Waals surface area contributed by atoms with Crippen molar-refractivity contribution in [2.45, 2.75) is 58.2 Å². The van der Waals surface area contributed by atoms with Crippen LogP contribution in [0, 0.1) is 28.6 Å². The van der Waals surface area contributed by atoms with Gasteiger partial charge in [-0.3, -0.25) is 4.79 Å². The van der Waals surface area contributed by atoms with Crippen molar-refractivity contribution < 1.29 is 14.6 Å². The van der Waals surface area contributed by atoms with E-state index in [2.05, 4.69) is 19.9 Å². The number of allylic oxidation sites excluding steroid dienone is 1. The predicted octanol–water partition coefficient (Wildman–Crippen LogP) is 2.72. The first-order valence-corrected chi connectivity index (χ1v) is 8.47. The monoisotopic (exact) mass is 290 g/mol. The van der Waals surface area contributed by atoms with Crippen LogP contribution in [0.25, 0.3) is 0 Å². The highest BCUT2D eigenvalue weighted by Crippen LogP contribution is 2.60. The second-order valence-electron chi connectivity index (χ2n) is 8.24. The Morgan fingerprint density at radius 1 is 1.24 bits per heavy atom. The number of carbonyl (C=O) groups excluding carboxylic acids is 1. The van der Waals surface area contributed by atoms with Crippen molar-refractivity contribution in [3.63, 3.8) is 0 Å². The first kappa shape index (κ1) is 14.0. The first-order valence-electron chi connectivity index (χ1n) is 8.47. The number of aliphatic hydroxyl groups excluding tert-OH is 1. The zero-order valence-corrected chi connectivity index (χ0v) is 13.0. The molecule has 4 rings (SSSR count). The smallest absolute Gasteiger partial charge is 0.155 e. The van der Waals surface area contributed by atoms with Crippen molar-refractivity contribution in [2.24, 2.45) is 28.6 Å². The van der Waals surface area contributed by atoms with Crippen LogP contribution in [0.1, 0.15) is 46.0 Å². The largest absolute Gasteiger partial charge is 0.392 e. The summed E-state index contributed by atoms with van der Waals surface area (Å²) in [4.78, 5) is 11.7. The molecule has 116 valence electrons. The van der Waals surface area contributed by atoms with E-state index in [0.29, 0.717) is 30.8 Å². The molecule has 7 atom stereocenters. The standard InChI is InChI=1S/C18H26O3/c1-17-8-7-12(19)9-11(17)3-4-13-14-5-6-15(20)18(14,2)10-21-16(13)17/h7-8,11,13-16,20H,3-6,9-10H2,1-2H3/t11?,13-,14-,15?,16+,17-,18-/m0/s1. The Morgan fingerprint density at radius 2 is 2.05 bits per heavy atom. The van der Waals surface area contributed by atoms with Gasteiger partial charge in [0, 0.05) is 17.3 Å². The van der Waals surface area contributed by atoms with Crippen LogP contribution in [0.15, 0.2) is 12.2 Å². The number of fused-ring (bicyclic) bond motifs is 5. The molecule has 3 heteroatoms. The summed E-state index contributed by atoms with van der Waals surface area (Å²) in [6.07, 6.45) is 8.94. The third kappa shape index (κ3) is 1.77. The van der Waals surface area contributed by atoms with Crippen LogP contribution in [0.5, 0.6) is 0 Å². The summed E-state index contributed by atoms with van der Waals surface area (Å²) in [5.74, 6) is 1.83. The molecule has 2 unspecified atom stereocenters. The highest BCUT2D eigenvalue weighted by atomic mass is 16.5. The molecule has 0 aromatic carbocycles. The van der Waals surface area contributed by atoms with Gasteiger partial charge in [0.05, 0.1) is 18.8 Å². The Labute approximate surface area is 126 Å². The molecule has 4 aliphatic rings. The van der Waals surface area contributed by atoms with E-state index >= 15 is 0 Å². The topological polar surface area (TPSA) is 46.5 Å². The highest BCUT2D eigenvalue weighted by Gasteiger charge is 2.60. The van der Waals surface area contributed by atoms with Crippen LogP contribution >= 0.6 is 0 Å².